The molecule has 2 aromatic rings. The van der Waals surface area contributed by atoms with Gasteiger partial charge in [-0.2, -0.15) is 5.10 Å². The Balaban J connectivity index is 2.60. The van der Waals surface area contributed by atoms with Crippen LogP contribution >= 0.6 is 0 Å². The zero-order valence-electron chi connectivity index (χ0n) is 11.2. The summed E-state index contributed by atoms with van der Waals surface area (Å²) in [7, 11) is 1.52. The number of carbonyl (C=O) groups is 2. The molecule has 1 aromatic heterocycles. The smallest absolute Gasteiger partial charge is 0.317 e. The Morgan fingerprint density at radius 1 is 1.25 bits per heavy atom. The lowest BCUT2D eigenvalue weighted by Gasteiger charge is -2.07. The third kappa shape index (κ3) is 2.46. The van der Waals surface area contributed by atoms with Crippen molar-refractivity contribution in [2.24, 2.45) is 5.73 Å². The number of primary amides is 1. The molecule has 7 heteroatoms. The van der Waals surface area contributed by atoms with Gasteiger partial charge in [-0.1, -0.05) is 18.2 Å². The minimum Gasteiger partial charge on any atom is -0.354 e. The van der Waals surface area contributed by atoms with Gasteiger partial charge >= 0.3 is 6.03 Å². The van der Waals surface area contributed by atoms with Crippen molar-refractivity contribution >= 4 is 17.8 Å². The predicted octanol–water partition coefficient (Wildman–Crippen LogP) is 1.03. The Kier molecular flexibility index (Phi) is 3.69. The van der Waals surface area contributed by atoms with Gasteiger partial charge in [-0.15, -0.1) is 0 Å². The van der Waals surface area contributed by atoms with Crippen LogP contribution in [0.4, 0.5) is 10.6 Å². The molecule has 0 aliphatic heterocycles. The zero-order chi connectivity index (χ0) is 14.7. The van der Waals surface area contributed by atoms with Gasteiger partial charge in [-0.05, 0) is 19.1 Å². The van der Waals surface area contributed by atoms with Crippen molar-refractivity contribution in [2.45, 2.75) is 6.92 Å². The summed E-state index contributed by atoms with van der Waals surface area (Å²) in [5, 5.41) is 9.25. The maximum atomic E-state index is 11.8. The van der Waals surface area contributed by atoms with E-state index in [0.717, 1.165) is 5.69 Å². The lowest BCUT2D eigenvalue weighted by atomic mass is 10.2. The van der Waals surface area contributed by atoms with E-state index in [0.29, 0.717) is 11.4 Å². The summed E-state index contributed by atoms with van der Waals surface area (Å²) in [5.74, 6) is 0.0481. The Labute approximate surface area is 115 Å². The molecule has 7 nitrogen and oxygen atoms in total. The van der Waals surface area contributed by atoms with Crippen LogP contribution < -0.4 is 16.4 Å². The molecule has 0 saturated carbocycles. The van der Waals surface area contributed by atoms with E-state index in [-0.39, 0.29) is 11.6 Å². The summed E-state index contributed by atoms with van der Waals surface area (Å²) in [5.41, 5.74) is 6.67. The van der Waals surface area contributed by atoms with Gasteiger partial charge in [0.15, 0.2) is 5.69 Å². The lowest BCUT2D eigenvalue weighted by Crippen LogP contribution is -2.22. The number of benzene rings is 1. The second-order valence-electron chi connectivity index (χ2n) is 4.14. The number of hydrogen-bond donors (Lipinski definition) is 3. The monoisotopic (exact) mass is 273 g/mol. The first-order valence-electron chi connectivity index (χ1n) is 5.98. The van der Waals surface area contributed by atoms with Gasteiger partial charge in [0.25, 0.3) is 5.91 Å². The maximum Gasteiger partial charge on any atom is 0.317 e. The summed E-state index contributed by atoms with van der Waals surface area (Å²) in [4.78, 5) is 22.9. The van der Waals surface area contributed by atoms with E-state index in [1.807, 2.05) is 30.3 Å². The molecule has 0 saturated heterocycles. The molecule has 0 bridgehead atoms. The molecular weight excluding hydrogens is 258 g/mol. The van der Waals surface area contributed by atoms with E-state index in [9.17, 15) is 9.59 Å². The molecule has 3 amide bonds. The Bertz CT molecular complexity index is 648. The fourth-order valence-electron chi connectivity index (χ4n) is 1.85. The molecular formula is C13H15N5O2. The third-order valence-corrected chi connectivity index (χ3v) is 2.81. The van der Waals surface area contributed by atoms with Crippen LogP contribution in [0.25, 0.3) is 5.69 Å². The first-order chi connectivity index (χ1) is 9.54. The molecule has 20 heavy (non-hydrogen) atoms. The summed E-state index contributed by atoms with van der Waals surface area (Å²) in [6.45, 7) is 1.70. The van der Waals surface area contributed by atoms with Gasteiger partial charge in [0.1, 0.15) is 5.82 Å². The normalized spacial score (nSPS) is 10.1. The molecule has 2 rings (SSSR count). The summed E-state index contributed by atoms with van der Waals surface area (Å²) in [6.07, 6.45) is 0. The average molecular weight is 273 g/mol. The second-order valence-corrected chi connectivity index (χ2v) is 4.14. The maximum absolute atomic E-state index is 11.8. The van der Waals surface area contributed by atoms with Gasteiger partial charge in [-0.25, -0.2) is 9.48 Å². The van der Waals surface area contributed by atoms with Crippen molar-refractivity contribution in [3.05, 3.63) is 41.6 Å². The van der Waals surface area contributed by atoms with E-state index in [4.69, 9.17) is 5.73 Å². The second kappa shape index (κ2) is 5.43. The van der Waals surface area contributed by atoms with Gasteiger partial charge in [0.2, 0.25) is 0 Å². The zero-order valence-corrected chi connectivity index (χ0v) is 11.2. The topological polar surface area (TPSA) is 102 Å². The van der Waals surface area contributed by atoms with Crippen LogP contribution in [0, 0.1) is 6.92 Å². The molecule has 1 heterocycles. The SMILES string of the molecule is CNC(=O)c1nn(-c2ccccc2)c(NC(N)=O)c1C. The third-order valence-electron chi connectivity index (χ3n) is 2.81. The number of para-hydroxylation sites is 1. The number of nitrogens with zero attached hydrogens (tertiary/aromatic N) is 2. The van der Waals surface area contributed by atoms with E-state index in [2.05, 4.69) is 15.7 Å². The van der Waals surface area contributed by atoms with Crippen LogP contribution in [0.3, 0.4) is 0 Å². The molecule has 0 fully saturated rings. The fourth-order valence-corrected chi connectivity index (χ4v) is 1.85. The number of urea groups is 1. The highest BCUT2D eigenvalue weighted by molar-refractivity contribution is 5.97. The highest BCUT2D eigenvalue weighted by Gasteiger charge is 2.20. The molecule has 0 unspecified atom stereocenters. The number of anilines is 1. The Hall–Kier alpha value is -2.83. The quantitative estimate of drug-likeness (QED) is 0.778. The summed E-state index contributed by atoms with van der Waals surface area (Å²) in [6, 6.07) is 8.44. The van der Waals surface area contributed by atoms with E-state index in [1.165, 1.54) is 11.7 Å². The minimum absolute atomic E-state index is 0.236. The van der Waals surface area contributed by atoms with Gasteiger partial charge in [-0.3, -0.25) is 10.1 Å². The molecule has 0 spiro atoms. The van der Waals surface area contributed by atoms with Crippen molar-refractivity contribution in [2.75, 3.05) is 12.4 Å². The number of amides is 3. The van der Waals surface area contributed by atoms with Crippen LogP contribution in [0.1, 0.15) is 16.1 Å². The van der Waals surface area contributed by atoms with Crippen molar-refractivity contribution in [3.63, 3.8) is 0 Å². The number of carbonyl (C=O) groups excluding carboxylic acids is 2. The largest absolute Gasteiger partial charge is 0.354 e. The van der Waals surface area contributed by atoms with Crippen LogP contribution in [0.15, 0.2) is 30.3 Å². The fraction of sp³-hybridized carbons (Fsp3) is 0.154. The number of aromatic nitrogens is 2. The molecule has 4 N–H and O–H groups in total. The molecule has 0 radical (unpaired) electrons. The average Bonchev–Trinajstić information content (AvgIpc) is 2.76. The first-order valence-corrected chi connectivity index (χ1v) is 5.98. The van der Waals surface area contributed by atoms with Crippen molar-refractivity contribution in [1.29, 1.82) is 0 Å². The molecule has 104 valence electrons. The van der Waals surface area contributed by atoms with Crippen molar-refractivity contribution < 1.29 is 9.59 Å². The van der Waals surface area contributed by atoms with Crippen LogP contribution in [-0.2, 0) is 0 Å². The summed E-state index contributed by atoms with van der Waals surface area (Å²) >= 11 is 0. The van der Waals surface area contributed by atoms with E-state index < -0.39 is 6.03 Å². The lowest BCUT2D eigenvalue weighted by molar-refractivity contribution is 0.0957. The van der Waals surface area contributed by atoms with Gasteiger partial charge in [0, 0.05) is 12.6 Å². The minimum atomic E-state index is -0.714. The van der Waals surface area contributed by atoms with E-state index >= 15 is 0 Å². The summed E-state index contributed by atoms with van der Waals surface area (Å²) < 4.78 is 1.48. The van der Waals surface area contributed by atoms with Crippen LogP contribution in [-0.4, -0.2) is 28.8 Å². The van der Waals surface area contributed by atoms with Crippen molar-refractivity contribution in [3.8, 4) is 5.69 Å². The molecule has 1 aromatic carbocycles. The molecule has 0 aliphatic carbocycles. The predicted molar refractivity (Wildman–Crippen MR) is 74.9 cm³/mol. The van der Waals surface area contributed by atoms with Crippen LogP contribution in [0.2, 0.25) is 0 Å². The van der Waals surface area contributed by atoms with Crippen LogP contribution in [0.5, 0.6) is 0 Å². The molecule has 0 aliphatic rings. The number of rotatable bonds is 3. The van der Waals surface area contributed by atoms with E-state index in [1.54, 1.807) is 6.92 Å². The van der Waals surface area contributed by atoms with Gasteiger partial charge < -0.3 is 11.1 Å². The Morgan fingerprint density at radius 2 is 1.90 bits per heavy atom. The highest BCUT2D eigenvalue weighted by atomic mass is 16.2. The van der Waals surface area contributed by atoms with Gasteiger partial charge in [0.05, 0.1) is 5.69 Å². The standard InChI is InChI=1S/C13H15N5O2/c1-8-10(12(19)15-2)17-18(11(8)16-13(14)20)9-6-4-3-5-7-9/h3-7H,1-2H3,(H,15,19)(H3,14,16,20). The first kappa shape index (κ1) is 13.6. The number of nitrogens with two attached hydrogens (primary N) is 1. The highest BCUT2D eigenvalue weighted by Crippen LogP contribution is 2.23. The Morgan fingerprint density at radius 3 is 2.45 bits per heavy atom. The van der Waals surface area contributed by atoms with Crippen molar-refractivity contribution in [1.82, 2.24) is 15.1 Å². The number of hydrogen-bond acceptors (Lipinski definition) is 3. The molecule has 0 atom stereocenters. The number of nitrogens with one attached hydrogen (secondary N) is 2.